The number of nitrogens with one attached hydrogen (secondary N) is 2. The van der Waals surface area contributed by atoms with Gasteiger partial charge in [-0.2, -0.15) is 0 Å². The van der Waals surface area contributed by atoms with E-state index in [9.17, 15) is 12.8 Å². The fourth-order valence-corrected chi connectivity index (χ4v) is 6.30. The molecule has 9 nitrogen and oxygen atoms in total. The summed E-state index contributed by atoms with van der Waals surface area (Å²) in [6, 6.07) is 13.9. The van der Waals surface area contributed by atoms with Crippen LogP contribution in [0.2, 0.25) is 0 Å². The summed E-state index contributed by atoms with van der Waals surface area (Å²) >= 11 is 5.14. The van der Waals surface area contributed by atoms with E-state index in [4.69, 9.17) is 9.72 Å². The van der Waals surface area contributed by atoms with E-state index in [0.29, 0.717) is 23.6 Å². The zero-order valence-corrected chi connectivity index (χ0v) is 26.6. The lowest BCUT2D eigenvalue weighted by Crippen LogP contribution is -2.24. The highest BCUT2D eigenvalue weighted by Gasteiger charge is 2.12. The number of halogens is 2. The molecule has 43 heavy (non-hydrogen) atoms. The lowest BCUT2D eigenvalue weighted by molar-refractivity contribution is 0.303. The molecule has 0 saturated carbocycles. The monoisotopic (exact) mass is 684 g/mol. The molecule has 13 heteroatoms. The summed E-state index contributed by atoms with van der Waals surface area (Å²) in [4.78, 5) is 18.2. The molecular formula is C30H30BrFN6O3S2. The molecule has 0 amide bonds. The number of hydrogen-bond donors (Lipinski definition) is 2. The number of fused-ring (bicyclic) bond motifs is 1. The Bertz CT molecular complexity index is 1820. The second kappa shape index (κ2) is 14.3. The van der Waals surface area contributed by atoms with Crippen LogP contribution < -0.4 is 15.4 Å². The van der Waals surface area contributed by atoms with E-state index in [0.717, 1.165) is 56.9 Å². The predicted octanol–water partition coefficient (Wildman–Crippen LogP) is 6.33. The van der Waals surface area contributed by atoms with Gasteiger partial charge in [0.05, 0.1) is 38.3 Å². The average molecular weight is 686 g/mol. The van der Waals surface area contributed by atoms with Gasteiger partial charge in [0, 0.05) is 35.2 Å². The maximum atomic E-state index is 13.5. The van der Waals surface area contributed by atoms with Gasteiger partial charge in [-0.25, -0.2) is 27.8 Å². The summed E-state index contributed by atoms with van der Waals surface area (Å²) in [6.07, 6.45) is 4.85. The van der Waals surface area contributed by atoms with Crippen LogP contribution >= 0.6 is 27.3 Å². The molecular weight excluding hydrogens is 655 g/mol. The standard InChI is InChI=1S/C30H30BrFN6O3S2/c1-2-43(39,40)12-11-33-10-4-7-29-38-27(18-42-29)25-15-23-26(16-34-25)35-19-36-30(23)37-22-8-9-28(24(31)14-22)41-17-20-5-3-6-21(32)13-20/h3,5-6,8-9,13-16,18-19,33H,2,4,7,10-12,17H2,1H3,(H,35,36,37). The van der Waals surface area contributed by atoms with Crippen LogP contribution in [0.4, 0.5) is 15.9 Å². The topological polar surface area (TPSA) is 119 Å². The number of rotatable bonds is 14. The van der Waals surface area contributed by atoms with E-state index in [1.54, 1.807) is 30.5 Å². The zero-order chi connectivity index (χ0) is 30.2. The van der Waals surface area contributed by atoms with Crippen molar-refractivity contribution in [2.45, 2.75) is 26.4 Å². The van der Waals surface area contributed by atoms with Crippen LogP contribution in [0.25, 0.3) is 22.3 Å². The Kier molecular flexibility index (Phi) is 10.3. The molecule has 0 unspecified atom stereocenters. The van der Waals surface area contributed by atoms with Crippen LogP contribution in [0.5, 0.6) is 5.75 Å². The normalized spacial score (nSPS) is 11.6. The number of nitrogens with zero attached hydrogens (tertiary/aromatic N) is 4. The summed E-state index contributed by atoms with van der Waals surface area (Å²) in [5.74, 6) is 1.29. The van der Waals surface area contributed by atoms with Crippen LogP contribution in [0, 0.1) is 5.82 Å². The van der Waals surface area contributed by atoms with E-state index in [1.807, 2.05) is 35.7 Å². The third-order valence-electron chi connectivity index (χ3n) is 6.59. The average Bonchev–Trinajstić information content (AvgIpc) is 3.47. The minimum atomic E-state index is -2.95. The van der Waals surface area contributed by atoms with Crippen molar-refractivity contribution in [3.05, 3.63) is 87.3 Å². The number of pyridine rings is 1. The van der Waals surface area contributed by atoms with E-state index in [1.165, 1.54) is 18.5 Å². The fourth-order valence-electron chi connectivity index (χ4n) is 4.22. The van der Waals surface area contributed by atoms with Crippen molar-refractivity contribution < 1.29 is 17.5 Å². The number of sulfone groups is 1. The van der Waals surface area contributed by atoms with Gasteiger partial charge in [0.25, 0.3) is 0 Å². The first-order valence-electron chi connectivity index (χ1n) is 13.7. The molecule has 2 aromatic carbocycles. The summed E-state index contributed by atoms with van der Waals surface area (Å²) < 4.78 is 43.3. The van der Waals surface area contributed by atoms with Gasteiger partial charge in [-0.05, 0) is 70.9 Å². The number of hydrogen-bond acceptors (Lipinski definition) is 10. The van der Waals surface area contributed by atoms with Gasteiger partial charge in [0.1, 0.15) is 30.3 Å². The molecule has 0 aliphatic carbocycles. The Labute approximate surface area is 262 Å². The van der Waals surface area contributed by atoms with Gasteiger partial charge >= 0.3 is 0 Å². The molecule has 0 bridgehead atoms. The third-order valence-corrected chi connectivity index (χ3v) is 9.82. The number of benzene rings is 2. The number of aryl methyl sites for hydroxylation is 1. The second-order valence-electron chi connectivity index (χ2n) is 9.71. The molecule has 0 aliphatic rings. The van der Waals surface area contributed by atoms with E-state index < -0.39 is 9.84 Å². The molecule has 3 aromatic heterocycles. The molecule has 0 fully saturated rings. The van der Waals surface area contributed by atoms with Gasteiger partial charge in [-0.1, -0.05) is 19.1 Å². The van der Waals surface area contributed by atoms with Crippen LogP contribution in [0.3, 0.4) is 0 Å². The highest BCUT2D eigenvalue weighted by atomic mass is 79.9. The van der Waals surface area contributed by atoms with Crippen LogP contribution in [-0.2, 0) is 22.9 Å². The summed E-state index contributed by atoms with van der Waals surface area (Å²) in [6.45, 7) is 3.10. The molecule has 0 radical (unpaired) electrons. The number of thiazole rings is 1. The number of aromatic nitrogens is 4. The Morgan fingerprint density at radius 3 is 2.74 bits per heavy atom. The zero-order valence-electron chi connectivity index (χ0n) is 23.4. The SMILES string of the molecule is CCS(=O)(=O)CCNCCCc1nc(-c2cc3c(Nc4ccc(OCc5cccc(F)c5)c(Br)c4)ncnc3cn2)cs1. The van der Waals surface area contributed by atoms with Crippen molar-refractivity contribution >= 4 is 59.5 Å². The first-order valence-corrected chi connectivity index (χ1v) is 17.2. The molecule has 0 atom stereocenters. The Morgan fingerprint density at radius 1 is 1.05 bits per heavy atom. The van der Waals surface area contributed by atoms with Crippen LogP contribution in [-0.4, -0.2) is 52.9 Å². The molecule has 0 aliphatic heterocycles. The summed E-state index contributed by atoms with van der Waals surface area (Å²) in [5.41, 5.74) is 3.73. The lowest BCUT2D eigenvalue weighted by Gasteiger charge is -2.12. The third kappa shape index (κ3) is 8.53. The molecule has 224 valence electrons. The maximum Gasteiger partial charge on any atom is 0.151 e. The molecule has 5 rings (SSSR count). The molecule has 2 N–H and O–H groups in total. The minimum absolute atomic E-state index is 0.161. The van der Waals surface area contributed by atoms with Gasteiger partial charge < -0.3 is 15.4 Å². The largest absolute Gasteiger partial charge is 0.488 e. The lowest BCUT2D eigenvalue weighted by atomic mass is 10.2. The smallest absolute Gasteiger partial charge is 0.151 e. The van der Waals surface area contributed by atoms with Crippen molar-refractivity contribution in [2.24, 2.45) is 0 Å². The Balaban J connectivity index is 1.22. The number of ether oxygens (including phenoxy) is 1. The van der Waals surface area contributed by atoms with Gasteiger partial charge in [-0.3, -0.25) is 4.98 Å². The first kappa shape index (κ1) is 30.9. The summed E-state index contributed by atoms with van der Waals surface area (Å²) in [5, 5.41) is 10.3. The fraction of sp³-hybridized carbons (Fsp3) is 0.267. The van der Waals surface area contributed by atoms with Gasteiger partial charge in [-0.15, -0.1) is 11.3 Å². The molecule has 0 spiro atoms. The van der Waals surface area contributed by atoms with Crippen LogP contribution in [0.15, 0.2) is 70.9 Å². The van der Waals surface area contributed by atoms with Gasteiger partial charge in [0.15, 0.2) is 9.84 Å². The second-order valence-corrected chi connectivity index (χ2v) is 14.0. The highest BCUT2D eigenvalue weighted by molar-refractivity contribution is 9.10. The van der Waals surface area contributed by atoms with Gasteiger partial charge in [0.2, 0.25) is 0 Å². The number of anilines is 2. The molecule has 3 heterocycles. The predicted molar refractivity (Wildman–Crippen MR) is 172 cm³/mol. The summed E-state index contributed by atoms with van der Waals surface area (Å²) in [7, 11) is -2.95. The van der Waals surface area contributed by atoms with Crippen molar-refractivity contribution in [1.29, 1.82) is 0 Å². The van der Waals surface area contributed by atoms with Crippen LogP contribution in [0.1, 0.15) is 23.9 Å². The first-order chi connectivity index (χ1) is 20.8. The van der Waals surface area contributed by atoms with Crippen molar-refractivity contribution in [1.82, 2.24) is 25.3 Å². The van der Waals surface area contributed by atoms with E-state index in [2.05, 4.69) is 41.5 Å². The van der Waals surface area contributed by atoms with Crippen molar-refractivity contribution in [3.63, 3.8) is 0 Å². The van der Waals surface area contributed by atoms with Crippen molar-refractivity contribution in [3.8, 4) is 17.1 Å². The Hall–Kier alpha value is -3.52. The van der Waals surface area contributed by atoms with Crippen molar-refractivity contribution in [2.75, 3.05) is 29.9 Å². The Morgan fingerprint density at radius 2 is 1.93 bits per heavy atom. The van der Waals surface area contributed by atoms with E-state index in [-0.39, 0.29) is 23.9 Å². The molecule has 5 aromatic rings. The maximum absolute atomic E-state index is 13.5. The highest BCUT2D eigenvalue weighted by Crippen LogP contribution is 2.32. The quantitative estimate of drug-likeness (QED) is 0.129. The molecule has 0 saturated heterocycles. The van der Waals surface area contributed by atoms with E-state index >= 15 is 0 Å². The minimum Gasteiger partial charge on any atom is -0.488 e.